The zero-order chi connectivity index (χ0) is 20.0. The first-order valence-electron chi connectivity index (χ1n) is 9.26. The minimum absolute atomic E-state index is 0.266. The fraction of sp³-hybridized carbons (Fsp3) is 0.833. The Labute approximate surface area is 156 Å². The number of carbonyl (C=O) groups excluding carboxylic acids is 3. The normalized spacial score (nSPS) is 12.2. The van der Waals surface area contributed by atoms with E-state index in [1.165, 1.54) is 0 Å². The third-order valence-corrected chi connectivity index (χ3v) is 3.22. The molecule has 2 amide bonds. The number of rotatable bonds is 12. The highest BCUT2D eigenvalue weighted by atomic mass is 16.7. The second-order valence-electron chi connectivity index (χ2n) is 6.95. The number of ether oxygens (including phenoxy) is 2. The van der Waals surface area contributed by atoms with Crippen LogP contribution in [0.4, 0.5) is 4.79 Å². The van der Waals surface area contributed by atoms with E-state index in [4.69, 9.17) is 14.3 Å². The Morgan fingerprint density at radius 1 is 1.00 bits per heavy atom. The van der Waals surface area contributed by atoms with Gasteiger partial charge in [-0.2, -0.15) is 0 Å². The van der Waals surface area contributed by atoms with E-state index in [0.29, 0.717) is 0 Å². The maximum Gasteiger partial charge on any atom is 0.408 e. The van der Waals surface area contributed by atoms with Crippen LogP contribution in [0, 0.1) is 0 Å². The molecule has 0 rings (SSSR count). The molecule has 0 aliphatic rings. The second-order valence-corrected chi connectivity index (χ2v) is 6.95. The van der Waals surface area contributed by atoms with Crippen molar-refractivity contribution in [2.75, 3.05) is 13.2 Å². The summed E-state index contributed by atoms with van der Waals surface area (Å²) in [5, 5.41) is 2.39. The van der Waals surface area contributed by atoms with Crippen molar-refractivity contribution in [1.82, 2.24) is 10.8 Å². The first-order valence-corrected chi connectivity index (χ1v) is 9.26. The topological polar surface area (TPSA) is 103 Å². The van der Waals surface area contributed by atoms with E-state index in [-0.39, 0.29) is 19.6 Å². The van der Waals surface area contributed by atoms with E-state index in [2.05, 4.69) is 17.7 Å². The summed E-state index contributed by atoms with van der Waals surface area (Å²) >= 11 is 0. The molecule has 0 aromatic rings. The number of hydrogen-bond acceptors (Lipinski definition) is 6. The highest BCUT2D eigenvalue weighted by Gasteiger charge is 2.26. The smallest absolute Gasteiger partial charge is 0.408 e. The number of carbonyl (C=O) groups is 3. The summed E-state index contributed by atoms with van der Waals surface area (Å²) in [7, 11) is 0. The summed E-state index contributed by atoms with van der Waals surface area (Å²) in [5.41, 5.74) is 1.48. The number of esters is 1. The molecule has 152 valence electrons. The van der Waals surface area contributed by atoms with Gasteiger partial charge in [-0.1, -0.05) is 32.6 Å². The maximum atomic E-state index is 12.1. The van der Waals surface area contributed by atoms with Crippen LogP contribution in [0.25, 0.3) is 0 Å². The van der Waals surface area contributed by atoms with Crippen molar-refractivity contribution >= 4 is 18.0 Å². The summed E-state index contributed by atoms with van der Waals surface area (Å²) in [5.74, 6) is -1.02. The first-order chi connectivity index (χ1) is 12.2. The quantitative estimate of drug-likeness (QED) is 0.309. The Morgan fingerprint density at radius 2 is 1.65 bits per heavy atom. The number of unbranched alkanes of at least 4 members (excludes halogenated alkanes) is 4. The van der Waals surface area contributed by atoms with Crippen molar-refractivity contribution in [3.05, 3.63) is 0 Å². The van der Waals surface area contributed by atoms with Gasteiger partial charge < -0.3 is 14.8 Å². The predicted octanol–water partition coefficient (Wildman–Crippen LogP) is 2.85. The monoisotopic (exact) mass is 374 g/mol. The molecule has 0 aliphatic carbocycles. The van der Waals surface area contributed by atoms with Crippen LogP contribution in [0.2, 0.25) is 0 Å². The molecule has 8 heteroatoms. The lowest BCUT2D eigenvalue weighted by molar-refractivity contribution is -0.147. The fourth-order valence-electron chi connectivity index (χ4n) is 1.97. The van der Waals surface area contributed by atoms with Crippen LogP contribution in [0.5, 0.6) is 0 Å². The van der Waals surface area contributed by atoms with E-state index < -0.39 is 29.6 Å². The standard InChI is InChI=1S/C18H34N2O6/c1-6-8-9-10-11-12-15(21)24-13-14(16(22)20-25-7-2)19-17(23)26-18(3,4)5/h14H,6-13H2,1-5H3,(H,19,23)(H,20,22). The van der Waals surface area contributed by atoms with E-state index in [1.807, 2.05) is 0 Å². The molecule has 8 nitrogen and oxygen atoms in total. The van der Waals surface area contributed by atoms with Gasteiger partial charge in [-0.3, -0.25) is 14.4 Å². The van der Waals surface area contributed by atoms with Crippen molar-refractivity contribution in [2.24, 2.45) is 0 Å². The van der Waals surface area contributed by atoms with Crippen LogP contribution in [-0.4, -0.2) is 42.8 Å². The summed E-state index contributed by atoms with van der Waals surface area (Å²) in [6, 6.07) is -1.10. The van der Waals surface area contributed by atoms with Gasteiger partial charge in [0.2, 0.25) is 0 Å². The SMILES string of the molecule is CCCCCCCC(=O)OCC(NC(=O)OC(C)(C)C)C(=O)NOCC. The number of alkyl carbamates (subject to hydrolysis) is 1. The third kappa shape index (κ3) is 13.5. The fourth-order valence-corrected chi connectivity index (χ4v) is 1.97. The van der Waals surface area contributed by atoms with Gasteiger partial charge in [0, 0.05) is 6.42 Å². The van der Waals surface area contributed by atoms with Gasteiger partial charge >= 0.3 is 12.1 Å². The first kappa shape index (κ1) is 24.2. The van der Waals surface area contributed by atoms with Gasteiger partial charge in [0.1, 0.15) is 18.2 Å². The summed E-state index contributed by atoms with van der Waals surface area (Å²) in [6.07, 6.45) is 4.59. The molecular formula is C18H34N2O6. The molecule has 0 aromatic heterocycles. The Hall–Kier alpha value is -1.83. The number of nitrogens with one attached hydrogen (secondary N) is 2. The highest BCUT2D eigenvalue weighted by Crippen LogP contribution is 2.08. The molecule has 1 atom stereocenters. The second kappa shape index (κ2) is 13.4. The van der Waals surface area contributed by atoms with Gasteiger partial charge in [0.25, 0.3) is 5.91 Å². The van der Waals surface area contributed by atoms with Crippen LogP contribution in [-0.2, 0) is 23.9 Å². The Bertz CT molecular complexity index is 434. The van der Waals surface area contributed by atoms with E-state index in [0.717, 1.165) is 32.1 Å². The van der Waals surface area contributed by atoms with Gasteiger partial charge in [0.05, 0.1) is 6.61 Å². The third-order valence-electron chi connectivity index (χ3n) is 3.22. The highest BCUT2D eigenvalue weighted by molar-refractivity contribution is 5.85. The Kier molecular flexibility index (Phi) is 12.4. The largest absolute Gasteiger partial charge is 0.463 e. The zero-order valence-corrected chi connectivity index (χ0v) is 16.7. The summed E-state index contributed by atoms with van der Waals surface area (Å²) < 4.78 is 10.2. The average Bonchev–Trinajstić information content (AvgIpc) is 2.54. The maximum absolute atomic E-state index is 12.1. The molecule has 2 N–H and O–H groups in total. The van der Waals surface area contributed by atoms with Crippen LogP contribution >= 0.6 is 0 Å². The Morgan fingerprint density at radius 3 is 2.23 bits per heavy atom. The van der Waals surface area contributed by atoms with Gasteiger partial charge in [-0.05, 0) is 34.1 Å². The molecule has 0 saturated heterocycles. The number of hydroxylamine groups is 1. The summed E-state index contributed by atoms with van der Waals surface area (Å²) in [4.78, 5) is 40.6. The summed E-state index contributed by atoms with van der Waals surface area (Å²) in [6.45, 7) is 8.93. The molecule has 0 bridgehead atoms. The predicted molar refractivity (Wildman–Crippen MR) is 97.3 cm³/mol. The molecular weight excluding hydrogens is 340 g/mol. The average molecular weight is 374 g/mol. The van der Waals surface area contributed by atoms with E-state index in [1.54, 1.807) is 27.7 Å². The molecule has 1 unspecified atom stereocenters. The molecule has 0 aliphatic heterocycles. The zero-order valence-electron chi connectivity index (χ0n) is 16.7. The molecule has 0 heterocycles. The minimum Gasteiger partial charge on any atom is -0.463 e. The molecule has 0 aromatic carbocycles. The minimum atomic E-state index is -1.10. The lowest BCUT2D eigenvalue weighted by atomic mass is 10.1. The lowest BCUT2D eigenvalue weighted by Gasteiger charge is -2.23. The van der Waals surface area contributed by atoms with Crippen molar-refractivity contribution in [3.8, 4) is 0 Å². The van der Waals surface area contributed by atoms with Crippen molar-refractivity contribution in [2.45, 2.75) is 84.8 Å². The van der Waals surface area contributed by atoms with Crippen molar-refractivity contribution in [3.63, 3.8) is 0 Å². The molecule has 0 saturated carbocycles. The molecule has 0 fully saturated rings. The molecule has 0 spiro atoms. The van der Waals surface area contributed by atoms with Crippen molar-refractivity contribution < 1.29 is 28.7 Å². The van der Waals surface area contributed by atoms with E-state index in [9.17, 15) is 14.4 Å². The molecule has 0 radical (unpaired) electrons. The van der Waals surface area contributed by atoms with E-state index >= 15 is 0 Å². The van der Waals surface area contributed by atoms with Gasteiger partial charge in [-0.25, -0.2) is 10.3 Å². The van der Waals surface area contributed by atoms with Gasteiger partial charge in [-0.15, -0.1) is 0 Å². The van der Waals surface area contributed by atoms with Crippen LogP contribution in [0.15, 0.2) is 0 Å². The lowest BCUT2D eigenvalue weighted by Crippen LogP contribution is -2.50. The van der Waals surface area contributed by atoms with Gasteiger partial charge in [0.15, 0.2) is 0 Å². The number of amides is 2. The Balaban J connectivity index is 4.45. The molecule has 26 heavy (non-hydrogen) atoms. The van der Waals surface area contributed by atoms with Crippen LogP contribution in [0.3, 0.4) is 0 Å². The van der Waals surface area contributed by atoms with Crippen molar-refractivity contribution in [1.29, 1.82) is 0 Å². The van der Waals surface area contributed by atoms with Crippen LogP contribution < -0.4 is 10.8 Å². The van der Waals surface area contributed by atoms with Crippen LogP contribution in [0.1, 0.15) is 73.1 Å². The number of hydrogen-bond donors (Lipinski definition) is 2.